The summed E-state index contributed by atoms with van der Waals surface area (Å²) in [6.45, 7) is 7.21. The van der Waals surface area contributed by atoms with Crippen LogP contribution in [-0.4, -0.2) is 12.6 Å². The molecule has 0 aliphatic carbocycles. The van der Waals surface area contributed by atoms with Gasteiger partial charge in [-0.05, 0) is 32.2 Å². The fraction of sp³-hybridized carbons (Fsp3) is 0.750. The Morgan fingerprint density at radius 3 is 2.89 bits per heavy atom. The molecule has 2 unspecified atom stereocenters. The van der Waals surface area contributed by atoms with Crippen LogP contribution in [0.2, 0.25) is 0 Å². The Morgan fingerprint density at radius 2 is 2.44 bits per heavy atom. The van der Waals surface area contributed by atoms with Crippen LogP contribution in [0.4, 0.5) is 0 Å². The standard InChI is InChI=1S/C8H15N/c1-3-8-5-4-6-9-7(8)2/h3,7-9H,1,4-6H2,2H3. The van der Waals surface area contributed by atoms with E-state index in [4.69, 9.17) is 0 Å². The Labute approximate surface area is 57.1 Å². The lowest BCUT2D eigenvalue weighted by Crippen LogP contribution is -2.37. The second-order valence-corrected chi connectivity index (χ2v) is 2.78. The largest absolute Gasteiger partial charge is 0.314 e. The molecule has 0 aromatic carbocycles. The van der Waals surface area contributed by atoms with Gasteiger partial charge in [-0.25, -0.2) is 0 Å². The first-order valence-electron chi connectivity index (χ1n) is 3.70. The van der Waals surface area contributed by atoms with E-state index in [1.165, 1.54) is 19.4 Å². The first-order valence-corrected chi connectivity index (χ1v) is 3.70. The molecule has 1 saturated heterocycles. The van der Waals surface area contributed by atoms with Crippen molar-refractivity contribution in [2.45, 2.75) is 25.8 Å². The summed E-state index contributed by atoms with van der Waals surface area (Å²) in [6.07, 6.45) is 4.69. The van der Waals surface area contributed by atoms with E-state index in [2.05, 4.69) is 24.9 Å². The van der Waals surface area contributed by atoms with Crippen molar-refractivity contribution in [1.29, 1.82) is 0 Å². The fourth-order valence-corrected chi connectivity index (χ4v) is 1.39. The van der Waals surface area contributed by atoms with E-state index in [1.807, 2.05) is 0 Å². The molecule has 1 aliphatic rings. The maximum Gasteiger partial charge on any atom is 0.0101 e. The molecule has 0 aromatic heterocycles. The van der Waals surface area contributed by atoms with Gasteiger partial charge in [0.25, 0.3) is 0 Å². The topological polar surface area (TPSA) is 12.0 Å². The highest BCUT2D eigenvalue weighted by molar-refractivity contribution is 4.89. The van der Waals surface area contributed by atoms with Gasteiger partial charge in [0.05, 0.1) is 0 Å². The molecular formula is C8H15N. The Kier molecular flexibility index (Phi) is 2.29. The van der Waals surface area contributed by atoms with Crippen LogP contribution in [0.1, 0.15) is 19.8 Å². The monoisotopic (exact) mass is 125 g/mol. The molecule has 1 heterocycles. The Hall–Kier alpha value is -0.300. The lowest BCUT2D eigenvalue weighted by atomic mass is 9.92. The number of rotatable bonds is 1. The van der Waals surface area contributed by atoms with Gasteiger partial charge in [-0.3, -0.25) is 0 Å². The number of piperidine rings is 1. The van der Waals surface area contributed by atoms with E-state index < -0.39 is 0 Å². The molecule has 52 valence electrons. The normalized spacial score (nSPS) is 36.1. The van der Waals surface area contributed by atoms with Gasteiger partial charge >= 0.3 is 0 Å². The molecule has 1 nitrogen and oxygen atoms in total. The molecule has 1 N–H and O–H groups in total. The molecule has 0 saturated carbocycles. The summed E-state index contributed by atoms with van der Waals surface area (Å²) in [6, 6.07) is 0.649. The second-order valence-electron chi connectivity index (χ2n) is 2.78. The van der Waals surface area contributed by atoms with Gasteiger partial charge in [-0.1, -0.05) is 6.08 Å². The zero-order valence-electron chi connectivity index (χ0n) is 6.06. The van der Waals surface area contributed by atoms with Crippen LogP contribution in [0.15, 0.2) is 12.7 Å². The number of hydrogen-bond donors (Lipinski definition) is 1. The maximum atomic E-state index is 3.79. The summed E-state index contributed by atoms with van der Waals surface area (Å²) in [5.74, 6) is 0.707. The van der Waals surface area contributed by atoms with Gasteiger partial charge in [-0.2, -0.15) is 0 Å². The van der Waals surface area contributed by atoms with Gasteiger partial charge in [0, 0.05) is 6.04 Å². The van der Waals surface area contributed by atoms with Crippen LogP contribution < -0.4 is 5.32 Å². The predicted molar refractivity (Wildman–Crippen MR) is 40.4 cm³/mol. The molecule has 1 aliphatic heterocycles. The molecule has 0 radical (unpaired) electrons. The third-order valence-corrected chi connectivity index (χ3v) is 2.13. The third-order valence-electron chi connectivity index (χ3n) is 2.13. The summed E-state index contributed by atoms with van der Waals surface area (Å²) < 4.78 is 0. The molecule has 1 rings (SSSR count). The summed E-state index contributed by atoms with van der Waals surface area (Å²) in [5.41, 5.74) is 0. The maximum absolute atomic E-state index is 3.79. The Bertz CT molecular complexity index is 98.7. The molecule has 0 amide bonds. The molecule has 0 aromatic rings. The zero-order valence-corrected chi connectivity index (χ0v) is 6.06. The van der Waals surface area contributed by atoms with E-state index in [0.29, 0.717) is 12.0 Å². The van der Waals surface area contributed by atoms with Crippen molar-refractivity contribution < 1.29 is 0 Å². The predicted octanol–water partition coefficient (Wildman–Crippen LogP) is 1.56. The molecule has 1 fully saturated rings. The highest BCUT2D eigenvalue weighted by atomic mass is 14.9. The van der Waals surface area contributed by atoms with E-state index in [1.54, 1.807) is 0 Å². The minimum Gasteiger partial charge on any atom is -0.314 e. The van der Waals surface area contributed by atoms with Gasteiger partial charge < -0.3 is 5.32 Å². The Morgan fingerprint density at radius 1 is 1.67 bits per heavy atom. The van der Waals surface area contributed by atoms with E-state index >= 15 is 0 Å². The van der Waals surface area contributed by atoms with Crippen LogP contribution in [0.25, 0.3) is 0 Å². The van der Waals surface area contributed by atoms with Crippen molar-refractivity contribution in [3.8, 4) is 0 Å². The van der Waals surface area contributed by atoms with Crippen molar-refractivity contribution >= 4 is 0 Å². The van der Waals surface area contributed by atoms with Gasteiger partial charge in [-0.15, -0.1) is 6.58 Å². The fourth-order valence-electron chi connectivity index (χ4n) is 1.39. The summed E-state index contributed by atoms with van der Waals surface area (Å²) >= 11 is 0. The average Bonchev–Trinajstić information content (AvgIpc) is 1.89. The molecule has 2 atom stereocenters. The average molecular weight is 125 g/mol. The van der Waals surface area contributed by atoms with Crippen molar-refractivity contribution in [3.05, 3.63) is 12.7 Å². The van der Waals surface area contributed by atoms with Gasteiger partial charge in [0.1, 0.15) is 0 Å². The lowest BCUT2D eigenvalue weighted by molar-refractivity contribution is 0.349. The molecule has 1 heteroatoms. The molecule has 0 bridgehead atoms. The van der Waals surface area contributed by atoms with Crippen molar-refractivity contribution in [3.63, 3.8) is 0 Å². The quantitative estimate of drug-likeness (QED) is 0.524. The van der Waals surface area contributed by atoms with Crippen LogP contribution in [-0.2, 0) is 0 Å². The number of hydrogen-bond acceptors (Lipinski definition) is 1. The zero-order chi connectivity index (χ0) is 6.69. The van der Waals surface area contributed by atoms with Crippen molar-refractivity contribution in [2.75, 3.05) is 6.54 Å². The first kappa shape index (κ1) is 6.81. The van der Waals surface area contributed by atoms with Crippen molar-refractivity contribution in [2.24, 2.45) is 5.92 Å². The van der Waals surface area contributed by atoms with Crippen LogP contribution in [0.3, 0.4) is 0 Å². The Balaban J connectivity index is 2.38. The summed E-state index contributed by atoms with van der Waals surface area (Å²) in [4.78, 5) is 0. The van der Waals surface area contributed by atoms with Gasteiger partial charge in [0.15, 0.2) is 0 Å². The van der Waals surface area contributed by atoms with E-state index in [-0.39, 0.29) is 0 Å². The second kappa shape index (κ2) is 3.02. The number of nitrogens with one attached hydrogen (secondary N) is 1. The van der Waals surface area contributed by atoms with E-state index in [0.717, 1.165) is 0 Å². The lowest BCUT2D eigenvalue weighted by Gasteiger charge is -2.27. The molecular weight excluding hydrogens is 110 g/mol. The molecule has 9 heavy (non-hydrogen) atoms. The minimum absolute atomic E-state index is 0.649. The summed E-state index contributed by atoms with van der Waals surface area (Å²) in [5, 5.41) is 3.41. The van der Waals surface area contributed by atoms with E-state index in [9.17, 15) is 0 Å². The highest BCUT2D eigenvalue weighted by Gasteiger charge is 2.16. The van der Waals surface area contributed by atoms with Crippen LogP contribution in [0, 0.1) is 5.92 Å². The molecule has 0 spiro atoms. The smallest absolute Gasteiger partial charge is 0.0101 e. The SMILES string of the molecule is C=CC1CCCNC1C. The minimum atomic E-state index is 0.649. The van der Waals surface area contributed by atoms with Crippen molar-refractivity contribution in [1.82, 2.24) is 5.32 Å². The van der Waals surface area contributed by atoms with Crippen LogP contribution in [0.5, 0.6) is 0 Å². The summed E-state index contributed by atoms with van der Waals surface area (Å²) in [7, 11) is 0. The van der Waals surface area contributed by atoms with Gasteiger partial charge in [0.2, 0.25) is 0 Å². The third kappa shape index (κ3) is 1.55. The van der Waals surface area contributed by atoms with Crippen LogP contribution >= 0.6 is 0 Å². The highest BCUT2D eigenvalue weighted by Crippen LogP contribution is 2.16. The first-order chi connectivity index (χ1) is 4.34.